The quantitative estimate of drug-likeness (QED) is 0.899. The van der Waals surface area contributed by atoms with Gasteiger partial charge in [0.2, 0.25) is 0 Å². The highest BCUT2D eigenvalue weighted by molar-refractivity contribution is 7.14. The summed E-state index contributed by atoms with van der Waals surface area (Å²) >= 11 is 1.37. The number of anilines is 1. The first-order chi connectivity index (χ1) is 9.01. The second-order valence-electron chi connectivity index (χ2n) is 4.15. The predicted molar refractivity (Wildman–Crippen MR) is 72.7 cm³/mol. The van der Waals surface area contributed by atoms with Gasteiger partial charge in [-0.1, -0.05) is 6.92 Å². The number of aryl methyl sites for hydroxylation is 2. The fourth-order valence-corrected chi connectivity index (χ4v) is 2.77. The molecule has 100 valence electrons. The Morgan fingerprint density at radius 3 is 2.68 bits per heavy atom. The largest absolute Gasteiger partial charge is 0.319 e. The third-order valence-corrected chi connectivity index (χ3v) is 4.12. The molecule has 5 heteroatoms. The van der Waals surface area contributed by atoms with Crippen LogP contribution in [0, 0.1) is 18.6 Å². The molecule has 1 amide bonds. The van der Waals surface area contributed by atoms with Crippen molar-refractivity contribution in [2.45, 2.75) is 20.3 Å². The zero-order valence-corrected chi connectivity index (χ0v) is 11.4. The van der Waals surface area contributed by atoms with Gasteiger partial charge in [0.05, 0.1) is 10.6 Å². The molecule has 0 aliphatic carbocycles. The molecule has 0 spiro atoms. The molecule has 2 rings (SSSR count). The lowest BCUT2D eigenvalue weighted by Crippen LogP contribution is -2.11. The SMILES string of the molecule is CCc1sc(C(=O)Nc2cc(F)ccc2F)cc1C. The molecule has 0 atom stereocenters. The van der Waals surface area contributed by atoms with Gasteiger partial charge < -0.3 is 5.32 Å². The molecule has 0 aliphatic rings. The van der Waals surface area contributed by atoms with Crippen LogP contribution < -0.4 is 5.32 Å². The summed E-state index contributed by atoms with van der Waals surface area (Å²) in [6, 6.07) is 4.72. The third-order valence-electron chi connectivity index (χ3n) is 2.74. The number of nitrogens with one attached hydrogen (secondary N) is 1. The highest BCUT2D eigenvalue weighted by Gasteiger charge is 2.14. The lowest BCUT2D eigenvalue weighted by Gasteiger charge is -2.04. The number of amides is 1. The summed E-state index contributed by atoms with van der Waals surface area (Å²) in [6.07, 6.45) is 0.845. The normalized spacial score (nSPS) is 10.5. The predicted octanol–water partition coefficient (Wildman–Crippen LogP) is 4.15. The minimum Gasteiger partial charge on any atom is -0.319 e. The number of carbonyl (C=O) groups is 1. The van der Waals surface area contributed by atoms with Gasteiger partial charge in [0.15, 0.2) is 0 Å². The molecule has 0 saturated heterocycles. The number of hydrogen-bond acceptors (Lipinski definition) is 2. The summed E-state index contributed by atoms with van der Waals surface area (Å²) in [5.74, 6) is -1.66. The Hall–Kier alpha value is -1.75. The van der Waals surface area contributed by atoms with Crippen molar-refractivity contribution in [3.8, 4) is 0 Å². The fraction of sp³-hybridized carbons (Fsp3) is 0.214. The molecule has 0 fully saturated rings. The average molecular weight is 281 g/mol. The van der Waals surface area contributed by atoms with Crippen LogP contribution in [0.5, 0.6) is 0 Å². The summed E-state index contributed by atoms with van der Waals surface area (Å²) in [6.45, 7) is 3.93. The van der Waals surface area contributed by atoms with Crippen LogP contribution in [-0.4, -0.2) is 5.91 Å². The summed E-state index contributed by atoms with van der Waals surface area (Å²) in [7, 11) is 0. The highest BCUT2D eigenvalue weighted by Crippen LogP contribution is 2.24. The van der Waals surface area contributed by atoms with Crippen molar-refractivity contribution in [1.29, 1.82) is 0 Å². The molecule has 2 nitrogen and oxygen atoms in total. The Morgan fingerprint density at radius 1 is 1.32 bits per heavy atom. The van der Waals surface area contributed by atoms with Gasteiger partial charge in [-0.15, -0.1) is 11.3 Å². The van der Waals surface area contributed by atoms with Gasteiger partial charge in [0.1, 0.15) is 11.6 Å². The summed E-state index contributed by atoms with van der Waals surface area (Å²) < 4.78 is 26.4. The van der Waals surface area contributed by atoms with Gasteiger partial charge in [-0.05, 0) is 37.1 Å². The van der Waals surface area contributed by atoms with Crippen molar-refractivity contribution in [3.05, 3.63) is 51.2 Å². The molecule has 1 N–H and O–H groups in total. The first-order valence-electron chi connectivity index (χ1n) is 5.87. The number of benzene rings is 1. The molecule has 2 aromatic rings. The van der Waals surface area contributed by atoms with Crippen LogP contribution in [0.15, 0.2) is 24.3 Å². The van der Waals surface area contributed by atoms with Crippen molar-refractivity contribution < 1.29 is 13.6 Å². The van der Waals surface area contributed by atoms with Crippen molar-refractivity contribution in [3.63, 3.8) is 0 Å². The van der Waals surface area contributed by atoms with E-state index in [0.717, 1.165) is 35.1 Å². The first-order valence-corrected chi connectivity index (χ1v) is 6.68. The van der Waals surface area contributed by atoms with Gasteiger partial charge in [-0.3, -0.25) is 4.79 Å². The molecule has 0 saturated carbocycles. The van der Waals surface area contributed by atoms with Crippen LogP contribution in [0.3, 0.4) is 0 Å². The van der Waals surface area contributed by atoms with E-state index in [1.807, 2.05) is 13.8 Å². The number of carbonyl (C=O) groups excluding carboxylic acids is 1. The van der Waals surface area contributed by atoms with Crippen molar-refractivity contribution in [1.82, 2.24) is 0 Å². The van der Waals surface area contributed by atoms with Crippen LogP contribution in [0.1, 0.15) is 27.0 Å². The molecule has 1 heterocycles. The minimum atomic E-state index is -0.654. The minimum absolute atomic E-state index is 0.144. The molecule has 0 bridgehead atoms. The zero-order valence-electron chi connectivity index (χ0n) is 10.6. The van der Waals surface area contributed by atoms with Crippen LogP contribution >= 0.6 is 11.3 Å². The molecule has 0 unspecified atom stereocenters. The fourth-order valence-electron chi connectivity index (χ4n) is 1.76. The van der Waals surface area contributed by atoms with Gasteiger partial charge in [-0.2, -0.15) is 0 Å². The van der Waals surface area contributed by atoms with Gasteiger partial charge in [0.25, 0.3) is 5.91 Å². The maximum atomic E-state index is 13.4. The monoisotopic (exact) mass is 281 g/mol. The van der Waals surface area contributed by atoms with E-state index in [9.17, 15) is 13.6 Å². The van der Waals surface area contributed by atoms with E-state index < -0.39 is 17.5 Å². The van der Waals surface area contributed by atoms with E-state index in [1.165, 1.54) is 11.3 Å². The van der Waals surface area contributed by atoms with E-state index in [2.05, 4.69) is 5.32 Å². The van der Waals surface area contributed by atoms with Gasteiger partial charge in [-0.25, -0.2) is 8.78 Å². The van der Waals surface area contributed by atoms with E-state index in [4.69, 9.17) is 0 Å². The summed E-state index contributed by atoms with van der Waals surface area (Å²) in [5.41, 5.74) is 0.895. The maximum Gasteiger partial charge on any atom is 0.265 e. The standard InChI is InChI=1S/C14H13F2NOS/c1-3-12-8(2)6-13(19-12)14(18)17-11-7-9(15)4-5-10(11)16/h4-7H,3H2,1-2H3,(H,17,18). The summed E-state index contributed by atoms with van der Waals surface area (Å²) in [5, 5.41) is 2.39. The second kappa shape index (κ2) is 5.48. The highest BCUT2D eigenvalue weighted by atomic mass is 32.1. The van der Waals surface area contributed by atoms with E-state index >= 15 is 0 Å². The Labute approximate surface area is 114 Å². The Kier molecular flexibility index (Phi) is 3.95. The number of thiophene rings is 1. The Morgan fingerprint density at radius 2 is 2.05 bits per heavy atom. The van der Waals surface area contributed by atoms with Crippen LogP contribution in [0.4, 0.5) is 14.5 Å². The molecule has 0 radical (unpaired) electrons. The molecule has 1 aromatic carbocycles. The first kappa shape index (κ1) is 13.7. The van der Waals surface area contributed by atoms with E-state index in [-0.39, 0.29) is 5.69 Å². The molecule has 19 heavy (non-hydrogen) atoms. The van der Waals surface area contributed by atoms with Crippen LogP contribution in [-0.2, 0) is 6.42 Å². The van der Waals surface area contributed by atoms with Crippen LogP contribution in [0.25, 0.3) is 0 Å². The van der Waals surface area contributed by atoms with Crippen molar-refractivity contribution in [2.75, 3.05) is 5.32 Å². The van der Waals surface area contributed by atoms with Crippen molar-refractivity contribution in [2.24, 2.45) is 0 Å². The lowest BCUT2D eigenvalue weighted by atomic mass is 10.2. The third kappa shape index (κ3) is 2.98. The van der Waals surface area contributed by atoms with Gasteiger partial charge in [0, 0.05) is 10.9 Å². The molecule has 0 aliphatic heterocycles. The van der Waals surface area contributed by atoms with Crippen LogP contribution in [0.2, 0.25) is 0 Å². The van der Waals surface area contributed by atoms with E-state index in [0.29, 0.717) is 4.88 Å². The number of hydrogen-bond donors (Lipinski definition) is 1. The summed E-state index contributed by atoms with van der Waals surface area (Å²) in [4.78, 5) is 13.6. The molecular weight excluding hydrogens is 268 g/mol. The lowest BCUT2D eigenvalue weighted by molar-refractivity contribution is 0.103. The maximum absolute atomic E-state index is 13.4. The van der Waals surface area contributed by atoms with Gasteiger partial charge >= 0.3 is 0 Å². The van der Waals surface area contributed by atoms with E-state index in [1.54, 1.807) is 6.07 Å². The van der Waals surface area contributed by atoms with Crippen molar-refractivity contribution >= 4 is 22.9 Å². The molecule has 1 aromatic heterocycles. The Bertz CT molecular complexity index is 622. The zero-order chi connectivity index (χ0) is 14.0. The molecular formula is C14H13F2NOS. The number of halogens is 2. The average Bonchev–Trinajstić information content (AvgIpc) is 2.75. The topological polar surface area (TPSA) is 29.1 Å². The Balaban J connectivity index is 2.22. The smallest absolute Gasteiger partial charge is 0.265 e. The number of rotatable bonds is 3. The second-order valence-corrected chi connectivity index (χ2v) is 5.29.